The molecule has 0 saturated carbocycles. The van der Waals surface area contributed by atoms with E-state index in [1.165, 1.54) is 4.90 Å². The van der Waals surface area contributed by atoms with Gasteiger partial charge in [-0.3, -0.25) is 14.7 Å². The lowest BCUT2D eigenvalue weighted by Crippen LogP contribution is -2.38. The molecule has 1 fully saturated rings. The summed E-state index contributed by atoms with van der Waals surface area (Å²) < 4.78 is 0. The molecule has 0 aromatic carbocycles. The fraction of sp³-hybridized carbons (Fsp3) is 0.636. The smallest absolute Gasteiger partial charge is 0.308 e. The molecular weight excluding hydrogens is 236 g/mol. The van der Waals surface area contributed by atoms with E-state index in [9.17, 15) is 9.59 Å². The van der Waals surface area contributed by atoms with E-state index in [4.69, 9.17) is 5.11 Å². The van der Waals surface area contributed by atoms with Crippen LogP contribution < -0.4 is 0 Å². The molecule has 2 heterocycles. The second-order valence-electron chi connectivity index (χ2n) is 4.43. The Kier molecular flexibility index (Phi) is 3.31. The summed E-state index contributed by atoms with van der Waals surface area (Å²) in [6, 6.07) is -0.321. The van der Waals surface area contributed by atoms with Gasteiger partial charge in [0.2, 0.25) is 5.82 Å². The van der Waals surface area contributed by atoms with Crippen LogP contribution in [0.3, 0.4) is 0 Å². The molecule has 2 unspecified atom stereocenters. The van der Waals surface area contributed by atoms with Crippen LogP contribution in [-0.4, -0.2) is 49.7 Å². The molecule has 1 aliphatic heterocycles. The summed E-state index contributed by atoms with van der Waals surface area (Å²) in [5.74, 6) is -0.896. The number of rotatable bonds is 3. The van der Waals surface area contributed by atoms with Crippen molar-refractivity contribution >= 4 is 11.9 Å². The van der Waals surface area contributed by atoms with Crippen molar-refractivity contribution in [3.05, 3.63) is 11.6 Å². The van der Waals surface area contributed by atoms with Crippen molar-refractivity contribution in [2.24, 2.45) is 5.92 Å². The van der Waals surface area contributed by atoms with E-state index in [1.54, 1.807) is 6.92 Å². The first-order valence-electron chi connectivity index (χ1n) is 5.99. The highest BCUT2D eigenvalue weighted by Crippen LogP contribution is 2.25. The SMILES string of the molecule is CCc1nc(C(=O)N2CCC(C(=O)O)C2C)n[nH]1. The van der Waals surface area contributed by atoms with Gasteiger partial charge in [-0.05, 0) is 13.3 Å². The molecule has 0 aliphatic carbocycles. The van der Waals surface area contributed by atoms with E-state index in [0.717, 1.165) is 0 Å². The number of amides is 1. The summed E-state index contributed by atoms with van der Waals surface area (Å²) in [5, 5.41) is 15.6. The number of aromatic nitrogens is 3. The predicted molar refractivity (Wildman–Crippen MR) is 62.0 cm³/mol. The number of likely N-dealkylation sites (tertiary alicyclic amines) is 1. The summed E-state index contributed by atoms with van der Waals surface area (Å²) in [4.78, 5) is 28.7. The van der Waals surface area contributed by atoms with Gasteiger partial charge in [0.15, 0.2) is 0 Å². The van der Waals surface area contributed by atoms with E-state index in [-0.39, 0.29) is 17.8 Å². The molecule has 1 aliphatic rings. The second kappa shape index (κ2) is 4.75. The monoisotopic (exact) mass is 252 g/mol. The van der Waals surface area contributed by atoms with Crippen molar-refractivity contribution < 1.29 is 14.7 Å². The van der Waals surface area contributed by atoms with E-state index in [1.807, 2.05) is 6.92 Å². The number of aliphatic carboxylic acids is 1. The summed E-state index contributed by atoms with van der Waals surface area (Å²) in [6.45, 7) is 4.09. The fourth-order valence-electron chi connectivity index (χ4n) is 2.23. The maximum atomic E-state index is 12.1. The first-order chi connectivity index (χ1) is 8.54. The van der Waals surface area contributed by atoms with Gasteiger partial charge in [0.05, 0.1) is 5.92 Å². The Hall–Kier alpha value is -1.92. The maximum absolute atomic E-state index is 12.1. The number of aromatic amines is 1. The van der Waals surface area contributed by atoms with Crippen molar-refractivity contribution in [2.75, 3.05) is 6.54 Å². The van der Waals surface area contributed by atoms with Crippen LogP contribution in [0.5, 0.6) is 0 Å². The van der Waals surface area contributed by atoms with Crippen molar-refractivity contribution in [3.63, 3.8) is 0 Å². The molecule has 0 spiro atoms. The van der Waals surface area contributed by atoms with Crippen LogP contribution in [0.25, 0.3) is 0 Å². The Morgan fingerprint density at radius 2 is 2.28 bits per heavy atom. The van der Waals surface area contributed by atoms with Crippen LogP contribution in [0.2, 0.25) is 0 Å². The standard InChI is InChI=1S/C11H16N4O3/c1-3-8-12-9(14-13-8)10(16)15-5-4-7(6(15)2)11(17)18/h6-7H,3-5H2,1-2H3,(H,17,18)(H,12,13,14). The van der Waals surface area contributed by atoms with Crippen molar-refractivity contribution in [2.45, 2.75) is 32.7 Å². The predicted octanol–water partition coefficient (Wildman–Crippen LogP) is 0.302. The molecule has 1 aromatic rings. The highest BCUT2D eigenvalue weighted by Gasteiger charge is 2.39. The number of aryl methyl sites for hydroxylation is 1. The van der Waals surface area contributed by atoms with Gasteiger partial charge in [0, 0.05) is 19.0 Å². The second-order valence-corrected chi connectivity index (χ2v) is 4.43. The zero-order valence-electron chi connectivity index (χ0n) is 10.4. The minimum atomic E-state index is -0.859. The number of nitrogens with one attached hydrogen (secondary N) is 1. The minimum absolute atomic E-state index is 0.115. The van der Waals surface area contributed by atoms with Gasteiger partial charge in [0.1, 0.15) is 5.82 Å². The molecule has 2 rings (SSSR count). The summed E-state index contributed by atoms with van der Waals surface area (Å²) in [6.07, 6.45) is 1.15. The van der Waals surface area contributed by atoms with Gasteiger partial charge in [-0.2, -0.15) is 0 Å². The number of hydrogen-bond donors (Lipinski definition) is 2. The lowest BCUT2D eigenvalue weighted by atomic mass is 10.0. The molecule has 2 atom stereocenters. The lowest BCUT2D eigenvalue weighted by Gasteiger charge is -2.21. The van der Waals surface area contributed by atoms with Gasteiger partial charge in [-0.15, -0.1) is 5.10 Å². The van der Waals surface area contributed by atoms with E-state index in [0.29, 0.717) is 25.2 Å². The molecule has 18 heavy (non-hydrogen) atoms. The molecule has 7 heteroatoms. The number of carbonyl (C=O) groups excluding carboxylic acids is 1. The number of carboxylic acid groups (broad SMARTS) is 1. The van der Waals surface area contributed by atoms with Gasteiger partial charge < -0.3 is 10.0 Å². The van der Waals surface area contributed by atoms with Crippen molar-refractivity contribution in [1.29, 1.82) is 0 Å². The van der Waals surface area contributed by atoms with Crippen molar-refractivity contribution in [1.82, 2.24) is 20.1 Å². The number of nitrogens with zero attached hydrogens (tertiary/aromatic N) is 3. The Bertz CT molecular complexity index is 471. The molecule has 7 nitrogen and oxygen atoms in total. The Morgan fingerprint density at radius 3 is 2.78 bits per heavy atom. The molecular formula is C11H16N4O3. The summed E-state index contributed by atoms with van der Waals surface area (Å²) in [7, 11) is 0. The first-order valence-corrected chi connectivity index (χ1v) is 5.99. The fourth-order valence-corrected chi connectivity index (χ4v) is 2.23. The van der Waals surface area contributed by atoms with Gasteiger partial charge in [-0.1, -0.05) is 6.92 Å². The lowest BCUT2D eigenvalue weighted by molar-refractivity contribution is -0.142. The quantitative estimate of drug-likeness (QED) is 0.806. The Morgan fingerprint density at radius 1 is 1.56 bits per heavy atom. The molecule has 1 amide bonds. The van der Waals surface area contributed by atoms with E-state index >= 15 is 0 Å². The number of carbonyl (C=O) groups is 2. The summed E-state index contributed by atoms with van der Waals surface area (Å²) >= 11 is 0. The Labute approximate surface area is 104 Å². The normalized spacial score (nSPS) is 23.3. The van der Waals surface area contributed by atoms with Crippen molar-refractivity contribution in [3.8, 4) is 0 Å². The van der Waals surface area contributed by atoms with Crippen LogP contribution in [0.1, 0.15) is 36.7 Å². The van der Waals surface area contributed by atoms with E-state index in [2.05, 4.69) is 15.2 Å². The third kappa shape index (κ3) is 2.07. The van der Waals surface area contributed by atoms with E-state index < -0.39 is 11.9 Å². The first kappa shape index (κ1) is 12.5. The molecule has 0 bridgehead atoms. The molecule has 1 saturated heterocycles. The highest BCUT2D eigenvalue weighted by atomic mass is 16.4. The zero-order valence-corrected chi connectivity index (χ0v) is 10.4. The van der Waals surface area contributed by atoms with Crippen LogP contribution >= 0.6 is 0 Å². The van der Waals surface area contributed by atoms with Crippen LogP contribution in [0.15, 0.2) is 0 Å². The van der Waals surface area contributed by atoms with Gasteiger partial charge >= 0.3 is 5.97 Å². The third-order valence-electron chi connectivity index (χ3n) is 3.39. The zero-order chi connectivity index (χ0) is 13.3. The summed E-state index contributed by atoms with van der Waals surface area (Å²) in [5.41, 5.74) is 0. The van der Waals surface area contributed by atoms with Crippen LogP contribution in [0, 0.1) is 5.92 Å². The molecule has 1 aromatic heterocycles. The number of hydrogen-bond acceptors (Lipinski definition) is 4. The van der Waals surface area contributed by atoms with Crippen LogP contribution in [-0.2, 0) is 11.2 Å². The topological polar surface area (TPSA) is 99.2 Å². The van der Waals surface area contributed by atoms with Gasteiger partial charge in [-0.25, -0.2) is 4.98 Å². The minimum Gasteiger partial charge on any atom is -0.481 e. The highest BCUT2D eigenvalue weighted by molar-refractivity contribution is 5.91. The van der Waals surface area contributed by atoms with Crippen LogP contribution in [0.4, 0.5) is 0 Å². The largest absolute Gasteiger partial charge is 0.481 e. The molecule has 98 valence electrons. The average molecular weight is 252 g/mol. The molecule has 0 radical (unpaired) electrons. The molecule has 2 N–H and O–H groups in total. The average Bonchev–Trinajstić information content (AvgIpc) is 2.94. The maximum Gasteiger partial charge on any atom is 0.308 e. The Balaban J connectivity index is 2.13. The van der Waals surface area contributed by atoms with Gasteiger partial charge in [0.25, 0.3) is 5.91 Å². The number of H-pyrrole nitrogens is 1. The third-order valence-corrected chi connectivity index (χ3v) is 3.39. The number of carboxylic acids is 1.